The third kappa shape index (κ3) is 3.78. The molecule has 0 atom stereocenters. The van der Waals surface area contributed by atoms with E-state index in [1.54, 1.807) is 16.4 Å². The van der Waals surface area contributed by atoms with Crippen LogP contribution in [-0.4, -0.2) is 33.3 Å². The Kier molecular flexibility index (Phi) is 5.70. The van der Waals surface area contributed by atoms with Crippen LogP contribution in [0.3, 0.4) is 0 Å². The maximum absolute atomic E-state index is 13.5. The molecule has 9 heteroatoms. The van der Waals surface area contributed by atoms with Gasteiger partial charge in [-0.05, 0) is 49.1 Å². The molecule has 0 bridgehead atoms. The molecule has 0 spiro atoms. The van der Waals surface area contributed by atoms with Gasteiger partial charge in [-0.1, -0.05) is 13.8 Å². The first-order valence-corrected chi connectivity index (χ1v) is 11.1. The van der Waals surface area contributed by atoms with E-state index < -0.39 is 17.1 Å². The maximum atomic E-state index is 13.5. The SMILES string of the molecule is CCOC(=O)N1CCc2c(sc3c2c(=O)n(-c2ccc(F)cc2)c(=O)n3CC(C)C)C1. The number of nitrogens with zero attached hydrogens (tertiary/aromatic N) is 3. The second-order valence-electron chi connectivity index (χ2n) is 7.96. The molecule has 0 unspecified atom stereocenters. The minimum absolute atomic E-state index is 0.176. The average Bonchev–Trinajstić information content (AvgIpc) is 3.11. The summed E-state index contributed by atoms with van der Waals surface area (Å²) in [6.07, 6.45) is 0.126. The number of hydrogen-bond acceptors (Lipinski definition) is 5. The number of carbonyl (C=O) groups is 1. The Labute approximate surface area is 182 Å². The van der Waals surface area contributed by atoms with E-state index in [9.17, 15) is 18.8 Å². The van der Waals surface area contributed by atoms with E-state index in [1.165, 1.54) is 35.6 Å². The smallest absolute Gasteiger partial charge is 0.410 e. The highest BCUT2D eigenvalue weighted by Gasteiger charge is 2.29. The third-order valence-corrected chi connectivity index (χ3v) is 6.52. The van der Waals surface area contributed by atoms with Crippen molar-refractivity contribution in [1.29, 1.82) is 0 Å². The molecule has 0 saturated carbocycles. The molecule has 1 amide bonds. The summed E-state index contributed by atoms with van der Waals surface area (Å²) in [4.78, 5) is 42.1. The molecule has 3 heterocycles. The summed E-state index contributed by atoms with van der Waals surface area (Å²) in [7, 11) is 0. The van der Waals surface area contributed by atoms with Gasteiger partial charge in [-0.15, -0.1) is 11.3 Å². The van der Waals surface area contributed by atoms with Gasteiger partial charge in [0.1, 0.15) is 10.6 Å². The maximum Gasteiger partial charge on any atom is 0.410 e. The molecular weight excluding hydrogens is 421 g/mol. The first-order chi connectivity index (χ1) is 14.8. The van der Waals surface area contributed by atoms with Gasteiger partial charge in [0.25, 0.3) is 5.56 Å². The second-order valence-corrected chi connectivity index (χ2v) is 9.04. The lowest BCUT2D eigenvalue weighted by molar-refractivity contribution is 0.103. The van der Waals surface area contributed by atoms with Crippen LogP contribution in [0.4, 0.5) is 9.18 Å². The van der Waals surface area contributed by atoms with Crippen LogP contribution < -0.4 is 11.2 Å². The Hall–Kier alpha value is -2.94. The molecule has 164 valence electrons. The summed E-state index contributed by atoms with van der Waals surface area (Å²) in [6.45, 7) is 7.29. The van der Waals surface area contributed by atoms with Crippen molar-refractivity contribution < 1.29 is 13.9 Å². The van der Waals surface area contributed by atoms with Crippen molar-refractivity contribution in [2.45, 2.75) is 40.3 Å². The molecule has 2 aromatic heterocycles. The van der Waals surface area contributed by atoms with Crippen molar-refractivity contribution in [2.75, 3.05) is 13.2 Å². The number of hydrogen-bond donors (Lipinski definition) is 0. The number of fused-ring (bicyclic) bond motifs is 3. The monoisotopic (exact) mass is 445 g/mol. The second kappa shape index (κ2) is 8.30. The number of aromatic nitrogens is 2. The summed E-state index contributed by atoms with van der Waals surface area (Å²) in [5, 5.41) is 0.507. The standard InChI is InChI=1S/C22H24FN3O4S/c1-4-30-22(29)24-10-9-16-17(12-24)31-20-18(16)19(27)26(15-7-5-14(23)6-8-15)21(28)25(20)11-13(2)3/h5-8,13H,4,9-12H2,1-3H3. The van der Waals surface area contributed by atoms with Gasteiger partial charge < -0.3 is 9.64 Å². The summed E-state index contributed by atoms with van der Waals surface area (Å²) >= 11 is 1.38. The zero-order chi connectivity index (χ0) is 22.3. The van der Waals surface area contributed by atoms with Gasteiger partial charge in [0.05, 0.1) is 24.2 Å². The van der Waals surface area contributed by atoms with Crippen molar-refractivity contribution in [2.24, 2.45) is 5.92 Å². The van der Waals surface area contributed by atoms with Gasteiger partial charge in [-0.3, -0.25) is 9.36 Å². The molecule has 3 aromatic rings. The van der Waals surface area contributed by atoms with Crippen LogP contribution in [0.5, 0.6) is 0 Å². The fraction of sp³-hybridized carbons (Fsp3) is 0.409. The van der Waals surface area contributed by atoms with Crippen LogP contribution in [0.2, 0.25) is 0 Å². The lowest BCUT2D eigenvalue weighted by atomic mass is 10.1. The fourth-order valence-corrected chi connectivity index (χ4v) is 5.28. The van der Waals surface area contributed by atoms with Gasteiger partial charge in [0.15, 0.2) is 0 Å². The van der Waals surface area contributed by atoms with E-state index in [2.05, 4.69) is 0 Å². The Morgan fingerprint density at radius 2 is 1.94 bits per heavy atom. The van der Waals surface area contributed by atoms with Gasteiger partial charge in [0, 0.05) is 18.0 Å². The number of ether oxygens (including phenoxy) is 1. The summed E-state index contributed by atoms with van der Waals surface area (Å²) in [5.41, 5.74) is 0.353. The molecule has 1 aromatic carbocycles. The molecule has 31 heavy (non-hydrogen) atoms. The van der Waals surface area contributed by atoms with Crippen LogP contribution >= 0.6 is 11.3 Å². The Morgan fingerprint density at radius 1 is 1.23 bits per heavy atom. The van der Waals surface area contributed by atoms with Crippen molar-refractivity contribution >= 4 is 27.6 Å². The van der Waals surface area contributed by atoms with Crippen molar-refractivity contribution in [1.82, 2.24) is 14.0 Å². The molecule has 0 fully saturated rings. The normalized spacial score (nSPS) is 13.6. The average molecular weight is 446 g/mol. The fourth-order valence-electron chi connectivity index (χ4n) is 3.92. The van der Waals surface area contributed by atoms with Gasteiger partial charge in [0.2, 0.25) is 0 Å². The first-order valence-electron chi connectivity index (χ1n) is 10.3. The number of rotatable bonds is 4. The van der Waals surface area contributed by atoms with E-state index in [0.717, 1.165) is 15.0 Å². The summed E-state index contributed by atoms with van der Waals surface area (Å²) in [6, 6.07) is 5.34. The predicted octanol–water partition coefficient (Wildman–Crippen LogP) is 3.52. The third-order valence-electron chi connectivity index (χ3n) is 5.28. The highest BCUT2D eigenvalue weighted by atomic mass is 32.1. The first kappa shape index (κ1) is 21.3. The van der Waals surface area contributed by atoms with Crippen molar-refractivity contribution in [3.8, 4) is 5.69 Å². The Balaban J connectivity index is 1.94. The number of thiophene rings is 1. The zero-order valence-corrected chi connectivity index (χ0v) is 18.5. The molecule has 0 radical (unpaired) electrons. The quantitative estimate of drug-likeness (QED) is 0.616. The van der Waals surface area contributed by atoms with Crippen LogP contribution in [0.25, 0.3) is 15.9 Å². The number of halogens is 1. The van der Waals surface area contributed by atoms with E-state index in [-0.39, 0.29) is 12.0 Å². The number of carbonyl (C=O) groups excluding carboxylic acids is 1. The van der Waals surface area contributed by atoms with E-state index in [0.29, 0.717) is 48.6 Å². The van der Waals surface area contributed by atoms with Crippen LogP contribution in [0.1, 0.15) is 31.2 Å². The van der Waals surface area contributed by atoms with Crippen LogP contribution in [-0.2, 0) is 24.2 Å². The molecule has 4 rings (SSSR count). The summed E-state index contributed by atoms with van der Waals surface area (Å²) in [5.74, 6) is -0.261. The molecule has 1 aliphatic rings. The molecular formula is C22H24FN3O4S. The van der Waals surface area contributed by atoms with Gasteiger partial charge in [-0.25, -0.2) is 18.5 Å². The minimum atomic E-state index is -0.446. The topological polar surface area (TPSA) is 73.5 Å². The molecule has 0 saturated heterocycles. The van der Waals surface area contributed by atoms with Gasteiger partial charge in [-0.2, -0.15) is 0 Å². The summed E-state index contributed by atoms with van der Waals surface area (Å²) < 4.78 is 21.3. The van der Waals surface area contributed by atoms with E-state index >= 15 is 0 Å². The van der Waals surface area contributed by atoms with Crippen LogP contribution in [0.15, 0.2) is 33.9 Å². The highest BCUT2D eigenvalue weighted by Crippen LogP contribution is 2.33. The van der Waals surface area contributed by atoms with E-state index in [1.807, 2.05) is 13.8 Å². The lowest BCUT2D eigenvalue weighted by Crippen LogP contribution is -2.40. The molecule has 7 nitrogen and oxygen atoms in total. The zero-order valence-electron chi connectivity index (χ0n) is 17.7. The minimum Gasteiger partial charge on any atom is -0.450 e. The van der Waals surface area contributed by atoms with Crippen LogP contribution in [0, 0.1) is 11.7 Å². The van der Waals surface area contributed by atoms with Crippen molar-refractivity contribution in [3.63, 3.8) is 0 Å². The van der Waals surface area contributed by atoms with Gasteiger partial charge >= 0.3 is 11.8 Å². The largest absolute Gasteiger partial charge is 0.450 e. The predicted molar refractivity (Wildman–Crippen MR) is 118 cm³/mol. The van der Waals surface area contributed by atoms with Crippen molar-refractivity contribution in [3.05, 3.63) is 61.4 Å². The lowest BCUT2D eigenvalue weighted by Gasteiger charge is -2.25. The Bertz CT molecular complexity index is 1260. The highest BCUT2D eigenvalue weighted by molar-refractivity contribution is 7.18. The molecule has 1 aliphatic heterocycles. The number of amides is 1. The number of benzene rings is 1. The molecule has 0 N–H and O–H groups in total. The molecule has 0 aliphatic carbocycles. The Morgan fingerprint density at radius 3 is 2.58 bits per heavy atom. The van der Waals surface area contributed by atoms with E-state index in [4.69, 9.17) is 4.74 Å².